The van der Waals surface area contributed by atoms with Crippen molar-refractivity contribution in [1.29, 1.82) is 0 Å². The molecule has 0 radical (unpaired) electrons. The number of carbonyl (C=O) groups excluding carboxylic acids is 2. The first-order valence-electron chi connectivity index (χ1n) is 6.87. The smallest absolute Gasteiger partial charge is 0.251 e. The van der Waals surface area contributed by atoms with Crippen molar-refractivity contribution in [2.45, 2.75) is 18.9 Å². The molecule has 2 amide bonds. The Labute approximate surface area is 124 Å². The van der Waals surface area contributed by atoms with E-state index in [1.165, 1.54) is 0 Å². The molecule has 0 bridgehead atoms. The van der Waals surface area contributed by atoms with Crippen LogP contribution in [-0.2, 0) is 4.79 Å². The first-order valence-corrected chi connectivity index (χ1v) is 6.87. The number of benzene rings is 1. The van der Waals surface area contributed by atoms with Gasteiger partial charge in [-0.1, -0.05) is 11.8 Å². The molecule has 1 saturated heterocycles. The highest BCUT2D eigenvalue weighted by Gasteiger charge is 2.30. The predicted molar refractivity (Wildman–Crippen MR) is 78.5 cm³/mol. The van der Waals surface area contributed by atoms with Crippen LogP contribution in [0.1, 0.15) is 28.8 Å². The minimum atomic E-state index is -0.425. The summed E-state index contributed by atoms with van der Waals surface area (Å²) in [6.07, 6.45) is 1.07. The van der Waals surface area contributed by atoms with Crippen LogP contribution in [0.2, 0.25) is 0 Å². The van der Waals surface area contributed by atoms with Crippen LogP contribution in [-0.4, -0.2) is 48.1 Å². The van der Waals surface area contributed by atoms with E-state index in [4.69, 9.17) is 5.11 Å². The summed E-state index contributed by atoms with van der Waals surface area (Å²) in [6, 6.07) is 6.44. The van der Waals surface area contributed by atoms with Crippen LogP contribution >= 0.6 is 0 Å². The fourth-order valence-corrected chi connectivity index (χ4v) is 2.12. The molecular formula is C16H18N2O3. The second kappa shape index (κ2) is 6.91. The maximum atomic E-state index is 12.1. The first kappa shape index (κ1) is 15.1. The van der Waals surface area contributed by atoms with Gasteiger partial charge in [0.1, 0.15) is 6.04 Å². The minimum Gasteiger partial charge on any atom is -0.395 e. The Kier molecular flexibility index (Phi) is 4.96. The second-order valence-electron chi connectivity index (χ2n) is 4.93. The van der Waals surface area contributed by atoms with Gasteiger partial charge in [-0.25, -0.2) is 0 Å². The maximum absolute atomic E-state index is 12.1. The molecule has 1 aromatic rings. The largest absolute Gasteiger partial charge is 0.395 e. The molecule has 2 rings (SSSR count). The van der Waals surface area contributed by atoms with Gasteiger partial charge in [0.2, 0.25) is 5.91 Å². The SMILES string of the molecule is CN1CCC(NC(=O)c2ccc(C#CCCO)cc2)C1=O. The van der Waals surface area contributed by atoms with Crippen LogP contribution in [0.5, 0.6) is 0 Å². The molecule has 21 heavy (non-hydrogen) atoms. The molecule has 110 valence electrons. The highest BCUT2D eigenvalue weighted by Crippen LogP contribution is 2.10. The molecule has 0 aliphatic carbocycles. The van der Waals surface area contributed by atoms with Gasteiger partial charge in [0.15, 0.2) is 0 Å². The number of hydrogen-bond donors (Lipinski definition) is 2. The molecular weight excluding hydrogens is 268 g/mol. The summed E-state index contributed by atoms with van der Waals surface area (Å²) in [6.45, 7) is 0.709. The molecule has 0 spiro atoms. The fraction of sp³-hybridized carbons (Fsp3) is 0.375. The van der Waals surface area contributed by atoms with E-state index in [-0.39, 0.29) is 18.4 Å². The van der Waals surface area contributed by atoms with Crippen LogP contribution in [0.4, 0.5) is 0 Å². The van der Waals surface area contributed by atoms with Crippen molar-refractivity contribution in [3.05, 3.63) is 35.4 Å². The fourth-order valence-electron chi connectivity index (χ4n) is 2.12. The molecule has 1 aliphatic rings. The lowest BCUT2D eigenvalue weighted by Gasteiger charge is -2.12. The summed E-state index contributed by atoms with van der Waals surface area (Å²) < 4.78 is 0. The molecule has 1 fully saturated rings. The van der Waals surface area contributed by atoms with Crippen molar-refractivity contribution < 1.29 is 14.7 Å². The van der Waals surface area contributed by atoms with Crippen LogP contribution in [0.25, 0.3) is 0 Å². The lowest BCUT2D eigenvalue weighted by Crippen LogP contribution is -2.40. The average molecular weight is 286 g/mol. The van der Waals surface area contributed by atoms with E-state index in [9.17, 15) is 9.59 Å². The van der Waals surface area contributed by atoms with Gasteiger partial charge in [-0.2, -0.15) is 0 Å². The molecule has 2 N–H and O–H groups in total. The van der Waals surface area contributed by atoms with Crippen molar-refractivity contribution in [3.8, 4) is 11.8 Å². The minimum absolute atomic E-state index is 0.0390. The predicted octanol–water partition coefficient (Wildman–Crippen LogP) is 0.381. The van der Waals surface area contributed by atoms with E-state index in [1.54, 1.807) is 36.2 Å². The van der Waals surface area contributed by atoms with Crippen molar-refractivity contribution in [2.75, 3.05) is 20.2 Å². The molecule has 1 atom stereocenters. The Hall–Kier alpha value is -2.32. The van der Waals surface area contributed by atoms with Gasteiger partial charge < -0.3 is 15.3 Å². The van der Waals surface area contributed by atoms with E-state index in [1.807, 2.05) is 0 Å². The van der Waals surface area contributed by atoms with Gasteiger partial charge in [0, 0.05) is 31.1 Å². The summed E-state index contributed by atoms with van der Waals surface area (Å²) >= 11 is 0. The maximum Gasteiger partial charge on any atom is 0.251 e. The number of amides is 2. The number of hydrogen-bond acceptors (Lipinski definition) is 3. The van der Waals surface area contributed by atoms with E-state index >= 15 is 0 Å². The molecule has 0 aromatic heterocycles. The van der Waals surface area contributed by atoms with Crippen molar-refractivity contribution >= 4 is 11.8 Å². The molecule has 5 heteroatoms. The molecule has 1 heterocycles. The van der Waals surface area contributed by atoms with E-state index < -0.39 is 6.04 Å². The summed E-state index contributed by atoms with van der Waals surface area (Å²) in [5, 5.41) is 11.4. The monoisotopic (exact) mass is 286 g/mol. The topological polar surface area (TPSA) is 69.6 Å². The highest BCUT2D eigenvalue weighted by molar-refractivity contribution is 5.98. The summed E-state index contributed by atoms with van der Waals surface area (Å²) in [4.78, 5) is 25.4. The average Bonchev–Trinajstić information content (AvgIpc) is 2.80. The van der Waals surface area contributed by atoms with Crippen molar-refractivity contribution in [2.24, 2.45) is 0 Å². The molecule has 1 aromatic carbocycles. The van der Waals surface area contributed by atoms with E-state index in [2.05, 4.69) is 17.2 Å². The number of likely N-dealkylation sites (tertiary alicyclic amines) is 1. The van der Waals surface area contributed by atoms with Crippen LogP contribution in [0, 0.1) is 11.8 Å². The number of nitrogens with one attached hydrogen (secondary N) is 1. The summed E-state index contributed by atoms with van der Waals surface area (Å²) in [5.41, 5.74) is 1.29. The van der Waals surface area contributed by atoms with Crippen molar-refractivity contribution in [3.63, 3.8) is 0 Å². The molecule has 5 nitrogen and oxygen atoms in total. The first-order chi connectivity index (χ1) is 10.1. The Morgan fingerprint density at radius 2 is 2.14 bits per heavy atom. The number of likely N-dealkylation sites (N-methyl/N-ethyl adjacent to an activating group) is 1. The number of rotatable bonds is 3. The molecule has 0 saturated carbocycles. The third-order valence-corrected chi connectivity index (χ3v) is 3.35. The number of aliphatic hydroxyl groups excluding tert-OH is 1. The van der Waals surface area contributed by atoms with Crippen LogP contribution < -0.4 is 5.32 Å². The molecule has 1 unspecified atom stereocenters. The van der Waals surface area contributed by atoms with E-state index in [0.29, 0.717) is 24.9 Å². The summed E-state index contributed by atoms with van der Waals surface area (Å²) in [5.74, 6) is 5.42. The van der Waals surface area contributed by atoms with Gasteiger partial charge in [-0.05, 0) is 30.7 Å². The Bertz CT molecular complexity index is 584. The Morgan fingerprint density at radius 3 is 2.71 bits per heavy atom. The standard InChI is InChI=1S/C16H18N2O3/c1-18-10-9-14(16(18)21)17-15(20)13-7-5-12(6-8-13)4-2-3-11-19/h5-8,14,19H,3,9-11H2,1H3,(H,17,20). The lowest BCUT2D eigenvalue weighted by atomic mass is 10.1. The Balaban J connectivity index is 1.97. The number of carbonyl (C=O) groups is 2. The summed E-state index contributed by atoms with van der Waals surface area (Å²) in [7, 11) is 1.73. The Morgan fingerprint density at radius 1 is 1.43 bits per heavy atom. The highest BCUT2D eigenvalue weighted by atomic mass is 16.2. The third-order valence-electron chi connectivity index (χ3n) is 3.35. The number of aliphatic hydroxyl groups is 1. The van der Waals surface area contributed by atoms with Crippen LogP contribution in [0.15, 0.2) is 24.3 Å². The zero-order valence-electron chi connectivity index (χ0n) is 11.9. The van der Waals surface area contributed by atoms with Gasteiger partial charge in [0.25, 0.3) is 5.91 Å². The van der Waals surface area contributed by atoms with Gasteiger partial charge in [-0.3, -0.25) is 9.59 Å². The van der Waals surface area contributed by atoms with Gasteiger partial charge >= 0.3 is 0 Å². The zero-order chi connectivity index (χ0) is 15.2. The lowest BCUT2D eigenvalue weighted by molar-refractivity contribution is -0.128. The normalized spacial score (nSPS) is 17.3. The van der Waals surface area contributed by atoms with Gasteiger partial charge in [0.05, 0.1) is 6.61 Å². The van der Waals surface area contributed by atoms with Crippen LogP contribution in [0.3, 0.4) is 0 Å². The third kappa shape index (κ3) is 3.83. The molecule has 1 aliphatic heterocycles. The zero-order valence-corrected chi connectivity index (χ0v) is 11.9. The number of nitrogens with zero attached hydrogens (tertiary/aromatic N) is 1. The van der Waals surface area contributed by atoms with Crippen molar-refractivity contribution in [1.82, 2.24) is 10.2 Å². The van der Waals surface area contributed by atoms with Gasteiger partial charge in [-0.15, -0.1) is 0 Å². The van der Waals surface area contributed by atoms with E-state index in [0.717, 1.165) is 5.56 Å². The second-order valence-corrected chi connectivity index (χ2v) is 4.93. The quantitative estimate of drug-likeness (QED) is 0.789.